The minimum absolute atomic E-state index is 0.125. The van der Waals surface area contributed by atoms with E-state index in [1.165, 1.54) is 23.5 Å². The van der Waals surface area contributed by atoms with Gasteiger partial charge in [0.2, 0.25) is 5.91 Å². The number of anilines is 1. The quantitative estimate of drug-likeness (QED) is 0.549. The van der Waals surface area contributed by atoms with Crippen LogP contribution in [0.25, 0.3) is 11.3 Å². The molecule has 7 heteroatoms. The Bertz CT molecular complexity index is 883. The monoisotopic (exact) mass is 390 g/mol. The van der Waals surface area contributed by atoms with Crippen LogP contribution in [0.2, 0.25) is 5.02 Å². The average Bonchev–Trinajstić information content (AvgIpc) is 3.09. The molecule has 0 bridgehead atoms. The first kappa shape index (κ1) is 18.4. The molecule has 1 heterocycles. The number of nitrogens with one attached hydrogen (secondary N) is 1. The van der Waals surface area contributed by atoms with Gasteiger partial charge in [-0.3, -0.25) is 4.79 Å². The summed E-state index contributed by atoms with van der Waals surface area (Å²) in [5.74, 6) is 0.170. The van der Waals surface area contributed by atoms with Gasteiger partial charge in [-0.05, 0) is 42.8 Å². The fourth-order valence-corrected chi connectivity index (χ4v) is 3.22. The maximum absolute atomic E-state index is 13.1. The average molecular weight is 391 g/mol. The number of amides is 1. The molecule has 0 aliphatic heterocycles. The van der Waals surface area contributed by atoms with E-state index < -0.39 is 0 Å². The van der Waals surface area contributed by atoms with Crippen LogP contribution >= 0.6 is 22.9 Å². The summed E-state index contributed by atoms with van der Waals surface area (Å²) in [5, 5.41) is 4.05. The van der Waals surface area contributed by atoms with Crippen molar-refractivity contribution in [1.82, 2.24) is 4.98 Å². The number of benzene rings is 2. The van der Waals surface area contributed by atoms with E-state index in [2.05, 4.69) is 10.3 Å². The number of nitrogens with zero attached hydrogens (tertiary/aromatic N) is 1. The maximum Gasteiger partial charge on any atom is 0.225 e. The van der Waals surface area contributed by atoms with Crippen LogP contribution in [0, 0.1) is 5.82 Å². The van der Waals surface area contributed by atoms with E-state index in [9.17, 15) is 9.18 Å². The Morgan fingerprint density at radius 3 is 2.73 bits per heavy atom. The number of carbonyl (C=O) groups excluding carboxylic acids is 1. The Morgan fingerprint density at radius 2 is 1.96 bits per heavy atom. The Hall–Kier alpha value is -2.44. The number of hydrogen-bond acceptors (Lipinski definition) is 4. The van der Waals surface area contributed by atoms with Crippen molar-refractivity contribution in [2.45, 2.75) is 12.8 Å². The summed E-state index contributed by atoms with van der Waals surface area (Å²) in [6.07, 6.45) is 0.868. The lowest BCUT2D eigenvalue weighted by Gasteiger charge is -2.08. The van der Waals surface area contributed by atoms with Crippen molar-refractivity contribution in [1.29, 1.82) is 0 Å². The van der Waals surface area contributed by atoms with Crippen molar-refractivity contribution in [2.24, 2.45) is 0 Å². The molecule has 3 rings (SSSR count). The van der Waals surface area contributed by atoms with Gasteiger partial charge in [0.1, 0.15) is 22.3 Å². The van der Waals surface area contributed by atoms with Gasteiger partial charge in [0.05, 0.1) is 17.1 Å². The van der Waals surface area contributed by atoms with E-state index in [1.807, 2.05) is 12.1 Å². The fraction of sp³-hybridized carbons (Fsp3) is 0.158. The van der Waals surface area contributed by atoms with E-state index in [0.717, 1.165) is 5.56 Å². The molecule has 0 fully saturated rings. The molecule has 0 aliphatic carbocycles. The summed E-state index contributed by atoms with van der Waals surface area (Å²) in [6, 6.07) is 13.2. The number of para-hydroxylation sites is 1. The number of carbonyl (C=O) groups is 1. The largest absolute Gasteiger partial charge is 0.492 e. The third-order valence-electron chi connectivity index (χ3n) is 3.58. The van der Waals surface area contributed by atoms with Crippen molar-refractivity contribution in [3.05, 3.63) is 64.9 Å². The van der Waals surface area contributed by atoms with E-state index >= 15 is 0 Å². The van der Waals surface area contributed by atoms with Gasteiger partial charge in [0.15, 0.2) is 0 Å². The first-order chi connectivity index (χ1) is 12.6. The second-order valence-corrected chi connectivity index (χ2v) is 6.73. The van der Waals surface area contributed by atoms with Gasteiger partial charge in [0, 0.05) is 12.0 Å². The fourth-order valence-electron chi connectivity index (χ4n) is 2.31. The summed E-state index contributed by atoms with van der Waals surface area (Å²) in [4.78, 5) is 16.4. The van der Waals surface area contributed by atoms with Crippen molar-refractivity contribution in [3.8, 4) is 17.0 Å². The Kier molecular flexibility index (Phi) is 6.20. The van der Waals surface area contributed by atoms with Crippen molar-refractivity contribution >= 4 is 33.8 Å². The highest BCUT2D eigenvalue weighted by molar-refractivity contribution is 7.14. The lowest BCUT2D eigenvalue weighted by Crippen LogP contribution is -2.12. The number of aromatic nitrogens is 1. The zero-order valence-corrected chi connectivity index (χ0v) is 15.3. The third kappa shape index (κ3) is 4.80. The molecule has 2 aromatic carbocycles. The molecular weight excluding hydrogens is 375 g/mol. The normalized spacial score (nSPS) is 10.5. The number of thiazole rings is 1. The van der Waals surface area contributed by atoms with Gasteiger partial charge in [0.25, 0.3) is 0 Å². The van der Waals surface area contributed by atoms with Crippen LogP contribution in [0.5, 0.6) is 5.75 Å². The SMILES string of the molecule is O=C(CCCOc1ccccc1Cl)Nc1scnc1-c1ccc(F)cc1. The third-order valence-corrected chi connectivity index (χ3v) is 4.63. The second-order valence-electron chi connectivity index (χ2n) is 5.47. The molecule has 1 aromatic heterocycles. The van der Waals surface area contributed by atoms with Crippen LogP contribution in [0.3, 0.4) is 0 Å². The standard InChI is InChI=1S/C19H16ClFN2O2S/c20-15-4-1-2-5-16(15)25-11-3-6-17(24)23-19-18(22-12-26-19)13-7-9-14(21)10-8-13/h1-2,4-5,7-10,12H,3,6,11H2,(H,23,24). The molecule has 3 aromatic rings. The van der Waals surface area contributed by atoms with Gasteiger partial charge in [-0.15, -0.1) is 11.3 Å². The minimum Gasteiger partial charge on any atom is -0.492 e. The van der Waals surface area contributed by atoms with E-state index in [1.54, 1.807) is 29.8 Å². The molecule has 0 spiro atoms. The molecule has 0 aliphatic rings. The van der Waals surface area contributed by atoms with Gasteiger partial charge < -0.3 is 10.1 Å². The molecule has 26 heavy (non-hydrogen) atoms. The summed E-state index contributed by atoms with van der Waals surface area (Å²) in [7, 11) is 0. The van der Waals surface area contributed by atoms with Gasteiger partial charge in [-0.2, -0.15) is 0 Å². The van der Waals surface area contributed by atoms with Gasteiger partial charge in [-0.1, -0.05) is 23.7 Å². The van der Waals surface area contributed by atoms with Crippen LogP contribution in [0.15, 0.2) is 54.0 Å². The molecule has 0 unspecified atom stereocenters. The lowest BCUT2D eigenvalue weighted by atomic mass is 10.1. The Labute approximate surface area is 159 Å². The van der Waals surface area contributed by atoms with Crippen molar-refractivity contribution in [2.75, 3.05) is 11.9 Å². The molecule has 0 atom stereocenters. The van der Waals surface area contributed by atoms with E-state index in [0.29, 0.717) is 40.9 Å². The van der Waals surface area contributed by atoms with Crippen LogP contribution < -0.4 is 10.1 Å². The first-order valence-corrected chi connectivity index (χ1v) is 9.26. The smallest absolute Gasteiger partial charge is 0.225 e. The van der Waals surface area contributed by atoms with E-state index in [4.69, 9.17) is 16.3 Å². The molecule has 1 N–H and O–H groups in total. The molecule has 0 saturated heterocycles. The van der Waals surface area contributed by atoms with Crippen LogP contribution in [0.4, 0.5) is 9.39 Å². The molecule has 0 saturated carbocycles. The summed E-state index contributed by atoms with van der Waals surface area (Å²) < 4.78 is 18.6. The van der Waals surface area contributed by atoms with Gasteiger partial charge in [-0.25, -0.2) is 9.37 Å². The summed E-state index contributed by atoms with van der Waals surface area (Å²) in [6.45, 7) is 0.394. The van der Waals surface area contributed by atoms with Gasteiger partial charge >= 0.3 is 0 Å². The lowest BCUT2D eigenvalue weighted by molar-refractivity contribution is -0.116. The molecule has 1 amide bonds. The number of ether oxygens (including phenoxy) is 1. The Balaban J connectivity index is 1.51. The highest BCUT2D eigenvalue weighted by Gasteiger charge is 2.12. The topological polar surface area (TPSA) is 51.2 Å². The van der Waals surface area contributed by atoms with Crippen molar-refractivity contribution < 1.29 is 13.9 Å². The highest BCUT2D eigenvalue weighted by atomic mass is 35.5. The first-order valence-electron chi connectivity index (χ1n) is 8.00. The highest BCUT2D eigenvalue weighted by Crippen LogP contribution is 2.30. The molecular formula is C19H16ClFN2O2S. The Morgan fingerprint density at radius 1 is 1.19 bits per heavy atom. The second kappa shape index (κ2) is 8.78. The maximum atomic E-state index is 13.1. The zero-order chi connectivity index (χ0) is 18.4. The summed E-state index contributed by atoms with van der Waals surface area (Å²) in [5.41, 5.74) is 3.04. The number of hydrogen-bond donors (Lipinski definition) is 1. The molecule has 4 nitrogen and oxygen atoms in total. The minimum atomic E-state index is -0.312. The van der Waals surface area contributed by atoms with Crippen LogP contribution in [0.1, 0.15) is 12.8 Å². The number of halogens is 2. The van der Waals surface area contributed by atoms with Crippen molar-refractivity contribution in [3.63, 3.8) is 0 Å². The predicted octanol–water partition coefficient (Wildman–Crippen LogP) is 5.40. The molecule has 0 radical (unpaired) electrons. The number of rotatable bonds is 7. The van der Waals surface area contributed by atoms with Crippen LogP contribution in [-0.2, 0) is 4.79 Å². The van der Waals surface area contributed by atoms with Crippen LogP contribution in [-0.4, -0.2) is 17.5 Å². The summed E-state index contributed by atoms with van der Waals surface area (Å²) >= 11 is 7.34. The molecule has 134 valence electrons. The van der Waals surface area contributed by atoms with E-state index in [-0.39, 0.29) is 11.7 Å². The predicted molar refractivity (Wildman–Crippen MR) is 102 cm³/mol. The zero-order valence-electron chi connectivity index (χ0n) is 13.7.